The van der Waals surface area contributed by atoms with Gasteiger partial charge in [0.1, 0.15) is 12.1 Å². The number of amides is 3. The lowest BCUT2D eigenvalue weighted by atomic mass is 10.1. The molecule has 2 heterocycles. The molecule has 0 radical (unpaired) electrons. The minimum atomic E-state index is -0.659. The fourth-order valence-electron chi connectivity index (χ4n) is 3.58. The Morgan fingerprint density at radius 2 is 2.00 bits per heavy atom. The van der Waals surface area contributed by atoms with Crippen molar-refractivity contribution in [2.75, 3.05) is 0 Å². The van der Waals surface area contributed by atoms with Gasteiger partial charge in [-0.15, -0.1) is 0 Å². The summed E-state index contributed by atoms with van der Waals surface area (Å²) in [4.78, 5) is 38.6. The molecule has 0 unspecified atom stereocenters. The largest absolute Gasteiger partial charge is 0.350 e. The van der Waals surface area contributed by atoms with E-state index in [1.807, 2.05) is 30.3 Å². The number of hydrogen-bond donors (Lipinski definition) is 3. The molecule has 0 aliphatic carbocycles. The average Bonchev–Trinajstić information content (AvgIpc) is 3.14. The lowest BCUT2D eigenvalue weighted by Gasteiger charge is -2.24. The van der Waals surface area contributed by atoms with Crippen molar-refractivity contribution < 1.29 is 14.4 Å². The molecular formula is C18H24N4O3. The van der Waals surface area contributed by atoms with E-state index in [0.29, 0.717) is 19.4 Å². The second-order valence-corrected chi connectivity index (χ2v) is 6.78. The minimum absolute atomic E-state index is 0.0124. The first-order chi connectivity index (χ1) is 12.0. The van der Waals surface area contributed by atoms with Crippen LogP contribution in [-0.4, -0.2) is 46.8 Å². The zero-order chi connectivity index (χ0) is 18.0. The van der Waals surface area contributed by atoms with Crippen LogP contribution >= 0.6 is 0 Å². The number of fused-ring (bicyclic) bond motifs is 1. The van der Waals surface area contributed by atoms with Crippen LogP contribution in [0, 0.1) is 0 Å². The van der Waals surface area contributed by atoms with Crippen LogP contribution in [0.2, 0.25) is 0 Å². The predicted molar refractivity (Wildman–Crippen MR) is 92.1 cm³/mol. The van der Waals surface area contributed by atoms with Crippen LogP contribution in [-0.2, 0) is 20.9 Å². The zero-order valence-electron chi connectivity index (χ0n) is 14.3. The summed E-state index contributed by atoms with van der Waals surface area (Å²) in [5.74, 6) is -0.667. The molecule has 134 valence electrons. The average molecular weight is 344 g/mol. The lowest BCUT2D eigenvalue weighted by Crippen LogP contribution is -2.50. The van der Waals surface area contributed by atoms with Crippen LogP contribution in [0.5, 0.6) is 0 Å². The Bertz CT molecular complexity index is 662. The normalized spacial score (nSPS) is 26.2. The van der Waals surface area contributed by atoms with Gasteiger partial charge in [-0.25, -0.2) is 0 Å². The molecule has 0 spiro atoms. The summed E-state index contributed by atoms with van der Waals surface area (Å²) < 4.78 is 0. The van der Waals surface area contributed by atoms with E-state index >= 15 is 0 Å². The Balaban J connectivity index is 1.60. The van der Waals surface area contributed by atoms with E-state index in [0.717, 1.165) is 12.0 Å². The molecule has 4 N–H and O–H groups in total. The van der Waals surface area contributed by atoms with Crippen molar-refractivity contribution in [2.24, 2.45) is 5.73 Å². The van der Waals surface area contributed by atoms with Gasteiger partial charge in [0.05, 0.1) is 6.04 Å². The molecule has 2 fully saturated rings. The summed E-state index contributed by atoms with van der Waals surface area (Å²) in [6.45, 7) is 2.02. The molecule has 2 aliphatic rings. The van der Waals surface area contributed by atoms with Crippen LogP contribution in [0.15, 0.2) is 30.3 Å². The molecule has 25 heavy (non-hydrogen) atoms. The second-order valence-electron chi connectivity index (χ2n) is 6.78. The van der Waals surface area contributed by atoms with E-state index in [-0.39, 0.29) is 23.8 Å². The molecule has 7 heteroatoms. The third-order valence-electron chi connectivity index (χ3n) is 4.91. The third-order valence-corrected chi connectivity index (χ3v) is 4.91. The third kappa shape index (κ3) is 3.66. The van der Waals surface area contributed by atoms with Gasteiger partial charge in [0.15, 0.2) is 0 Å². The van der Waals surface area contributed by atoms with Gasteiger partial charge in [-0.2, -0.15) is 0 Å². The summed E-state index contributed by atoms with van der Waals surface area (Å²) in [5, 5.41) is 5.59. The number of benzene rings is 1. The van der Waals surface area contributed by atoms with E-state index in [4.69, 9.17) is 5.73 Å². The Kier molecular flexibility index (Phi) is 5.03. The highest BCUT2D eigenvalue weighted by Gasteiger charge is 2.49. The van der Waals surface area contributed by atoms with Gasteiger partial charge < -0.3 is 21.3 Å². The number of hydrogen-bond acceptors (Lipinski definition) is 4. The molecule has 2 aliphatic heterocycles. The molecule has 0 saturated carbocycles. The summed E-state index contributed by atoms with van der Waals surface area (Å²) in [5.41, 5.74) is 6.56. The van der Waals surface area contributed by atoms with Crippen molar-refractivity contribution in [3.8, 4) is 0 Å². The van der Waals surface area contributed by atoms with Crippen molar-refractivity contribution in [3.63, 3.8) is 0 Å². The lowest BCUT2D eigenvalue weighted by molar-refractivity contribution is -0.139. The molecule has 3 amide bonds. The van der Waals surface area contributed by atoms with E-state index in [1.54, 1.807) is 11.8 Å². The topological polar surface area (TPSA) is 105 Å². The molecule has 0 aromatic heterocycles. The summed E-state index contributed by atoms with van der Waals surface area (Å²) in [6.07, 6.45) is 1.98. The van der Waals surface area contributed by atoms with Gasteiger partial charge >= 0.3 is 0 Å². The highest BCUT2D eigenvalue weighted by molar-refractivity contribution is 5.95. The molecule has 4 atom stereocenters. The first kappa shape index (κ1) is 17.4. The van der Waals surface area contributed by atoms with Crippen molar-refractivity contribution in [1.29, 1.82) is 0 Å². The number of nitrogens with two attached hydrogens (primary N) is 1. The molecule has 2 saturated heterocycles. The van der Waals surface area contributed by atoms with Crippen molar-refractivity contribution in [3.05, 3.63) is 35.9 Å². The van der Waals surface area contributed by atoms with E-state index in [2.05, 4.69) is 10.6 Å². The fraction of sp³-hybridized carbons (Fsp3) is 0.500. The van der Waals surface area contributed by atoms with Crippen LogP contribution in [0.25, 0.3) is 0 Å². The van der Waals surface area contributed by atoms with Gasteiger partial charge in [0.2, 0.25) is 17.7 Å². The van der Waals surface area contributed by atoms with Crippen molar-refractivity contribution in [2.45, 2.75) is 56.9 Å². The molecule has 0 bridgehead atoms. The standard InChI is InChI=1S/C18H24N4O3/c1-11(19)16(23)21-14-9-13-7-8-15(22(13)18(14)25)17(24)20-10-12-5-3-2-4-6-12/h2-6,11,13-15H,7-10,19H2,1H3,(H,20,24)(H,21,23)/t11-,13-,14-,15-/m0/s1. The van der Waals surface area contributed by atoms with E-state index in [1.165, 1.54) is 0 Å². The maximum Gasteiger partial charge on any atom is 0.246 e. The molecular weight excluding hydrogens is 320 g/mol. The molecule has 1 aromatic rings. The highest BCUT2D eigenvalue weighted by Crippen LogP contribution is 2.33. The van der Waals surface area contributed by atoms with Crippen LogP contribution < -0.4 is 16.4 Å². The maximum absolute atomic E-state index is 12.6. The number of rotatable bonds is 5. The van der Waals surface area contributed by atoms with Crippen LogP contribution in [0.4, 0.5) is 0 Å². The summed E-state index contributed by atoms with van der Waals surface area (Å²) in [7, 11) is 0. The fourth-order valence-corrected chi connectivity index (χ4v) is 3.58. The first-order valence-corrected chi connectivity index (χ1v) is 8.67. The molecule has 3 rings (SSSR count). The first-order valence-electron chi connectivity index (χ1n) is 8.67. The van der Waals surface area contributed by atoms with Crippen LogP contribution in [0.1, 0.15) is 31.7 Å². The summed E-state index contributed by atoms with van der Waals surface area (Å²) in [6, 6.07) is 7.97. The van der Waals surface area contributed by atoms with Gasteiger partial charge in [-0.05, 0) is 31.7 Å². The van der Waals surface area contributed by atoms with Gasteiger partial charge in [0, 0.05) is 12.6 Å². The Morgan fingerprint density at radius 1 is 1.28 bits per heavy atom. The SMILES string of the molecule is C[C@H](N)C(=O)N[C@H]1C[C@@H]2CC[C@@H](C(=O)NCc3ccccc3)N2C1=O. The number of nitrogens with zero attached hydrogens (tertiary/aromatic N) is 1. The zero-order valence-corrected chi connectivity index (χ0v) is 14.3. The Labute approximate surface area is 146 Å². The Hall–Kier alpha value is -2.41. The van der Waals surface area contributed by atoms with Crippen molar-refractivity contribution in [1.82, 2.24) is 15.5 Å². The molecule has 7 nitrogen and oxygen atoms in total. The Morgan fingerprint density at radius 3 is 2.68 bits per heavy atom. The highest BCUT2D eigenvalue weighted by atomic mass is 16.2. The quantitative estimate of drug-likeness (QED) is 0.694. The second kappa shape index (κ2) is 7.23. The number of nitrogens with one attached hydrogen (secondary N) is 2. The van der Waals surface area contributed by atoms with Crippen molar-refractivity contribution >= 4 is 17.7 Å². The van der Waals surface area contributed by atoms with Gasteiger partial charge in [-0.3, -0.25) is 14.4 Å². The smallest absolute Gasteiger partial charge is 0.246 e. The summed E-state index contributed by atoms with van der Waals surface area (Å²) >= 11 is 0. The van der Waals surface area contributed by atoms with Crippen LogP contribution in [0.3, 0.4) is 0 Å². The number of carbonyl (C=O) groups is 3. The van der Waals surface area contributed by atoms with Gasteiger partial charge in [0.25, 0.3) is 0 Å². The maximum atomic E-state index is 12.6. The number of carbonyl (C=O) groups excluding carboxylic acids is 3. The molecule has 1 aromatic carbocycles. The monoisotopic (exact) mass is 344 g/mol. The predicted octanol–water partition coefficient (Wildman–Crippen LogP) is -0.102. The van der Waals surface area contributed by atoms with E-state index in [9.17, 15) is 14.4 Å². The van der Waals surface area contributed by atoms with E-state index < -0.39 is 18.1 Å². The minimum Gasteiger partial charge on any atom is -0.350 e. The van der Waals surface area contributed by atoms with Gasteiger partial charge in [-0.1, -0.05) is 30.3 Å².